The normalized spacial score (nSPS) is 21.2. The van der Waals surface area contributed by atoms with Crippen LogP contribution in [-0.4, -0.2) is 62.9 Å². The maximum atomic E-state index is 13.1. The molecule has 8 heteroatoms. The van der Waals surface area contributed by atoms with Gasteiger partial charge in [-0.25, -0.2) is 8.42 Å². The molecule has 0 N–H and O–H groups in total. The van der Waals surface area contributed by atoms with Crippen LogP contribution in [0.5, 0.6) is 0 Å². The quantitative estimate of drug-likeness (QED) is 0.593. The number of hydrogen-bond donors (Lipinski definition) is 0. The Hall–Kier alpha value is -1.31. The van der Waals surface area contributed by atoms with Crippen LogP contribution >= 0.6 is 23.2 Å². The summed E-state index contributed by atoms with van der Waals surface area (Å²) < 4.78 is 27.7. The summed E-state index contributed by atoms with van der Waals surface area (Å²) in [6, 6.07) is 12.1. The highest BCUT2D eigenvalue weighted by atomic mass is 35.5. The van der Waals surface area contributed by atoms with Crippen molar-refractivity contribution in [2.45, 2.75) is 49.5 Å². The lowest BCUT2D eigenvalue weighted by Gasteiger charge is -2.35. The Morgan fingerprint density at radius 3 is 2.15 bits per heavy atom. The van der Waals surface area contributed by atoms with Gasteiger partial charge in [0.1, 0.15) is 0 Å². The minimum absolute atomic E-state index is 0.196. The summed E-state index contributed by atoms with van der Waals surface area (Å²) in [6.45, 7) is 4.57. The molecule has 0 unspecified atom stereocenters. The number of piperazine rings is 1. The fourth-order valence-electron chi connectivity index (χ4n) is 5.53. The van der Waals surface area contributed by atoms with Gasteiger partial charge in [0, 0.05) is 51.0 Å². The number of anilines is 1. The van der Waals surface area contributed by atoms with Crippen molar-refractivity contribution >= 4 is 38.9 Å². The number of fused-ring (bicyclic) bond motifs is 1. The van der Waals surface area contributed by atoms with Crippen LogP contribution < -0.4 is 4.90 Å². The molecule has 0 bridgehead atoms. The SMILES string of the molecule is O=S(=O)(c1ccc(Cl)c(Cl)c1)N1CCN(c2ccc3c(c2)CCN(C2CCCC2)CC3)CC1. The molecule has 3 aliphatic rings. The van der Waals surface area contributed by atoms with Gasteiger partial charge in [0.15, 0.2) is 0 Å². The van der Waals surface area contributed by atoms with Crippen LogP contribution in [0.1, 0.15) is 36.8 Å². The second kappa shape index (κ2) is 9.74. The van der Waals surface area contributed by atoms with Crippen molar-refractivity contribution < 1.29 is 8.42 Å². The van der Waals surface area contributed by atoms with Gasteiger partial charge < -0.3 is 4.90 Å². The largest absolute Gasteiger partial charge is 0.369 e. The van der Waals surface area contributed by atoms with Gasteiger partial charge in [-0.15, -0.1) is 0 Å². The van der Waals surface area contributed by atoms with Gasteiger partial charge in [0.2, 0.25) is 10.0 Å². The van der Waals surface area contributed by atoms with Crippen molar-refractivity contribution in [3.05, 3.63) is 57.6 Å². The molecule has 5 nitrogen and oxygen atoms in total. The number of halogens is 2. The van der Waals surface area contributed by atoms with E-state index in [1.165, 1.54) is 67.2 Å². The maximum Gasteiger partial charge on any atom is 0.243 e. The van der Waals surface area contributed by atoms with Gasteiger partial charge >= 0.3 is 0 Å². The Morgan fingerprint density at radius 2 is 1.45 bits per heavy atom. The van der Waals surface area contributed by atoms with Crippen LogP contribution in [0.15, 0.2) is 41.3 Å². The van der Waals surface area contributed by atoms with E-state index in [-0.39, 0.29) is 9.92 Å². The summed E-state index contributed by atoms with van der Waals surface area (Å²) in [5.41, 5.74) is 4.13. The lowest BCUT2D eigenvalue weighted by atomic mass is 10.0. The molecule has 2 aliphatic heterocycles. The van der Waals surface area contributed by atoms with E-state index in [1.807, 2.05) is 0 Å². The van der Waals surface area contributed by atoms with Crippen LogP contribution in [0, 0.1) is 0 Å². The first-order valence-electron chi connectivity index (χ1n) is 12.0. The summed E-state index contributed by atoms with van der Waals surface area (Å²) in [4.78, 5) is 5.21. The highest BCUT2D eigenvalue weighted by Crippen LogP contribution is 2.30. The van der Waals surface area contributed by atoms with E-state index in [0.717, 1.165) is 25.4 Å². The second-order valence-electron chi connectivity index (χ2n) is 9.39. The van der Waals surface area contributed by atoms with Crippen LogP contribution in [0.25, 0.3) is 0 Å². The summed E-state index contributed by atoms with van der Waals surface area (Å²) in [6.07, 6.45) is 7.71. The van der Waals surface area contributed by atoms with Gasteiger partial charge in [0.05, 0.1) is 14.9 Å². The molecule has 1 saturated heterocycles. The maximum absolute atomic E-state index is 13.1. The molecular formula is C25H31Cl2N3O2S. The molecule has 1 aliphatic carbocycles. The van der Waals surface area contributed by atoms with Crippen LogP contribution in [0.2, 0.25) is 10.0 Å². The topological polar surface area (TPSA) is 43.9 Å². The Labute approximate surface area is 207 Å². The summed E-state index contributed by atoms with van der Waals surface area (Å²) in [5, 5.41) is 0.614. The van der Waals surface area contributed by atoms with E-state index in [2.05, 4.69) is 28.0 Å². The molecule has 0 radical (unpaired) electrons. The third kappa shape index (κ3) is 4.92. The molecule has 5 rings (SSSR count). The first-order chi connectivity index (χ1) is 15.9. The van der Waals surface area contributed by atoms with E-state index >= 15 is 0 Å². The Balaban J connectivity index is 1.24. The minimum Gasteiger partial charge on any atom is -0.369 e. The van der Waals surface area contributed by atoms with Crippen molar-refractivity contribution in [3.63, 3.8) is 0 Å². The average Bonchev–Trinajstić information content (AvgIpc) is 3.28. The third-order valence-corrected chi connectivity index (χ3v) is 10.1. The van der Waals surface area contributed by atoms with E-state index in [4.69, 9.17) is 23.2 Å². The molecule has 0 spiro atoms. The number of hydrogen-bond acceptors (Lipinski definition) is 4. The summed E-state index contributed by atoms with van der Waals surface area (Å²) >= 11 is 12.0. The molecule has 2 aromatic carbocycles. The zero-order chi connectivity index (χ0) is 23.0. The van der Waals surface area contributed by atoms with Crippen molar-refractivity contribution in [3.8, 4) is 0 Å². The van der Waals surface area contributed by atoms with Gasteiger partial charge in [-0.1, -0.05) is 42.1 Å². The Bertz CT molecular complexity index is 1110. The molecule has 2 aromatic rings. The number of rotatable bonds is 4. The molecule has 0 aromatic heterocycles. The third-order valence-electron chi connectivity index (χ3n) is 7.50. The van der Waals surface area contributed by atoms with E-state index in [1.54, 1.807) is 4.31 Å². The van der Waals surface area contributed by atoms with Crippen molar-refractivity contribution in [1.29, 1.82) is 0 Å². The zero-order valence-electron chi connectivity index (χ0n) is 18.8. The van der Waals surface area contributed by atoms with Gasteiger partial charge in [-0.2, -0.15) is 4.31 Å². The van der Waals surface area contributed by atoms with E-state index in [0.29, 0.717) is 31.2 Å². The highest BCUT2D eigenvalue weighted by Gasteiger charge is 2.30. The molecule has 0 amide bonds. The molecule has 2 heterocycles. The predicted octanol–water partition coefficient (Wildman–Crippen LogP) is 4.85. The molecule has 33 heavy (non-hydrogen) atoms. The van der Waals surface area contributed by atoms with Crippen LogP contribution in [-0.2, 0) is 22.9 Å². The average molecular weight is 509 g/mol. The molecule has 178 valence electrons. The highest BCUT2D eigenvalue weighted by molar-refractivity contribution is 7.89. The monoisotopic (exact) mass is 507 g/mol. The molecular weight excluding hydrogens is 477 g/mol. The van der Waals surface area contributed by atoms with E-state index in [9.17, 15) is 8.42 Å². The first-order valence-corrected chi connectivity index (χ1v) is 14.2. The van der Waals surface area contributed by atoms with Crippen molar-refractivity contribution in [1.82, 2.24) is 9.21 Å². The second-order valence-corrected chi connectivity index (χ2v) is 12.1. The molecule has 0 atom stereocenters. The first kappa shape index (κ1) is 23.4. The Morgan fingerprint density at radius 1 is 0.758 bits per heavy atom. The predicted molar refractivity (Wildman–Crippen MR) is 135 cm³/mol. The van der Waals surface area contributed by atoms with Gasteiger partial charge in [-0.3, -0.25) is 4.90 Å². The molecule has 1 saturated carbocycles. The van der Waals surface area contributed by atoms with Crippen LogP contribution in [0.4, 0.5) is 5.69 Å². The van der Waals surface area contributed by atoms with Gasteiger partial charge in [0.25, 0.3) is 0 Å². The zero-order valence-corrected chi connectivity index (χ0v) is 21.2. The van der Waals surface area contributed by atoms with E-state index < -0.39 is 10.0 Å². The van der Waals surface area contributed by atoms with Crippen molar-refractivity contribution in [2.75, 3.05) is 44.2 Å². The van der Waals surface area contributed by atoms with Crippen LogP contribution in [0.3, 0.4) is 0 Å². The smallest absolute Gasteiger partial charge is 0.243 e. The van der Waals surface area contributed by atoms with Crippen molar-refractivity contribution in [2.24, 2.45) is 0 Å². The summed E-state index contributed by atoms with van der Waals surface area (Å²) in [7, 11) is -3.58. The van der Waals surface area contributed by atoms with Gasteiger partial charge in [-0.05, 0) is 67.1 Å². The number of nitrogens with zero attached hydrogens (tertiary/aromatic N) is 3. The number of benzene rings is 2. The fourth-order valence-corrected chi connectivity index (χ4v) is 7.34. The fraction of sp³-hybridized carbons (Fsp3) is 0.520. The standard InChI is InChI=1S/C25H31Cl2N3O2S/c26-24-8-7-23(18-25(24)27)33(31,32)30-15-13-29(14-16-30)22-6-5-19-9-11-28(12-10-20(19)17-22)21-3-1-2-4-21/h5-8,17-18,21H,1-4,9-16H2. The number of sulfonamides is 1. The Kier molecular flexibility index (Phi) is 6.92. The lowest BCUT2D eigenvalue weighted by Crippen LogP contribution is -2.48. The lowest BCUT2D eigenvalue weighted by molar-refractivity contribution is 0.208. The minimum atomic E-state index is -3.58. The summed E-state index contributed by atoms with van der Waals surface area (Å²) in [5.74, 6) is 0. The molecule has 2 fully saturated rings.